The number of amides is 1. The third-order valence-electron chi connectivity index (χ3n) is 5.15. The fourth-order valence-corrected chi connectivity index (χ4v) is 4.42. The van der Waals surface area contributed by atoms with Crippen molar-refractivity contribution in [2.45, 2.75) is 40.0 Å². The normalized spacial score (nSPS) is 17.8. The summed E-state index contributed by atoms with van der Waals surface area (Å²) in [6, 6.07) is 6.21. The average molecular weight is 410 g/mol. The maximum Gasteiger partial charge on any atom is 0.247 e. The van der Waals surface area contributed by atoms with Gasteiger partial charge < -0.3 is 5.32 Å². The fraction of sp³-hybridized carbons (Fsp3) is 0.391. The van der Waals surface area contributed by atoms with Crippen molar-refractivity contribution in [2.24, 2.45) is 16.1 Å². The highest BCUT2D eigenvalue weighted by Crippen LogP contribution is 2.24. The number of hydrogen-bond donors (Lipinski definition) is 1. The summed E-state index contributed by atoms with van der Waals surface area (Å²) < 4.78 is 0. The van der Waals surface area contributed by atoms with Crippen LogP contribution in [-0.4, -0.2) is 34.7 Å². The summed E-state index contributed by atoms with van der Waals surface area (Å²) in [5, 5.41) is 12.4. The van der Waals surface area contributed by atoms with Crippen LogP contribution in [0, 0.1) is 19.8 Å². The van der Waals surface area contributed by atoms with Crippen LogP contribution in [0.4, 0.5) is 0 Å². The van der Waals surface area contributed by atoms with Crippen molar-refractivity contribution in [1.82, 2.24) is 5.32 Å². The van der Waals surface area contributed by atoms with E-state index in [1.54, 1.807) is 0 Å². The third-order valence-corrected chi connectivity index (χ3v) is 6.28. The van der Waals surface area contributed by atoms with Crippen molar-refractivity contribution in [2.75, 3.05) is 12.3 Å². The quantitative estimate of drug-likeness (QED) is 0.707. The Morgan fingerprint density at radius 2 is 2.07 bits per heavy atom. The first-order valence-electron chi connectivity index (χ1n) is 9.96. The highest BCUT2D eigenvalue weighted by molar-refractivity contribution is 8.14. The second-order valence-electron chi connectivity index (χ2n) is 7.43. The molecule has 1 unspecified atom stereocenters. The molecule has 0 saturated heterocycles. The molecule has 1 aliphatic heterocycles. The molecule has 3 rings (SSSR count). The summed E-state index contributed by atoms with van der Waals surface area (Å²) in [4.78, 5) is 24.6. The Hall–Kier alpha value is -2.47. The number of Topliss-reactive ketones (excluding diaryl/α,β-unsaturated/α-hetero) is 1. The molecule has 0 saturated carbocycles. The second-order valence-corrected chi connectivity index (χ2v) is 8.43. The van der Waals surface area contributed by atoms with Crippen LogP contribution in [0.2, 0.25) is 0 Å². The van der Waals surface area contributed by atoms with Gasteiger partial charge in [0.25, 0.3) is 0 Å². The van der Waals surface area contributed by atoms with Crippen molar-refractivity contribution in [3.05, 3.63) is 58.7 Å². The summed E-state index contributed by atoms with van der Waals surface area (Å²) in [5.41, 5.74) is 5.03. The number of allylic oxidation sites excluding steroid dienone is 3. The van der Waals surface area contributed by atoms with Gasteiger partial charge in [0.1, 0.15) is 10.8 Å². The van der Waals surface area contributed by atoms with Gasteiger partial charge in [-0.25, -0.2) is 0 Å². The first-order chi connectivity index (χ1) is 14.0. The van der Waals surface area contributed by atoms with Crippen LogP contribution >= 0.6 is 11.8 Å². The molecule has 0 fully saturated rings. The number of hydrogen-bond acceptors (Lipinski definition) is 5. The molecule has 1 amide bonds. The monoisotopic (exact) mass is 409 g/mol. The van der Waals surface area contributed by atoms with Crippen molar-refractivity contribution >= 4 is 34.2 Å². The van der Waals surface area contributed by atoms with Gasteiger partial charge in [0, 0.05) is 12.0 Å². The minimum absolute atomic E-state index is 0.0580. The first kappa shape index (κ1) is 21.2. The molecule has 2 aliphatic rings. The lowest BCUT2D eigenvalue weighted by Gasteiger charge is -2.14. The van der Waals surface area contributed by atoms with E-state index in [-0.39, 0.29) is 17.6 Å². The van der Waals surface area contributed by atoms with Gasteiger partial charge in [0.15, 0.2) is 0 Å². The molecular formula is C23H27N3O2S. The zero-order valence-electron chi connectivity index (χ0n) is 17.2. The lowest BCUT2D eigenvalue weighted by molar-refractivity contribution is -0.117. The Bertz CT molecular complexity index is 928. The zero-order chi connectivity index (χ0) is 20.8. The summed E-state index contributed by atoms with van der Waals surface area (Å²) in [6.45, 7) is 6.54. The standard InChI is InChI=1S/C23H27N3O2S/c1-4-20-21(13-24-22(28)17-7-5-6-8-17)25-26-23(20)29-14-19(27)12-18-11-15(2)9-10-16(18)3/h5-7,9-11,20H,4,8,12-14H2,1-3H3,(H,24,28). The van der Waals surface area contributed by atoms with E-state index in [0.29, 0.717) is 25.1 Å². The Morgan fingerprint density at radius 3 is 2.79 bits per heavy atom. The van der Waals surface area contributed by atoms with Crippen LogP contribution in [0.3, 0.4) is 0 Å². The van der Waals surface area contributed by atoms with Crippen LogP contribution in [0.5, 0.6) is 0 Å². The molecule has 1 heterocycles. The molecule has 152 valence electrons. The molecule has 1 aromatic rings. The lowest BCUT2D eigenvalue weighted by Crippen LogP contribution is -2.34. The van der Waals surface area contributed by atoms with Crippen LogP contribution in [-0.2, 0) is 16.0 Å². The van der Waals surface area contributed by atoms with E-state index in [1.807, 2.05) is 32.1 Å². The van der Waals surface area contributed by atoms with E-state index < -0.39 is 0 Å². The number of carbonyl (C=O) groups excluding carboxylic acids is 2. The predicted octanol–water partition coefficient (Wildman–Crippen LogP) is 3.95. The van der Waals surface area contributed by atoms with Crippen molar-refractivity contribution < 1.29 is 9.59 Å². The van der Waals surface area contributed by atoms with Crippen molar-refractivity contribution in [3.63, 3.8) is 0 Å². The average Bonchev–Trinajstić information content (AvgIpc) is 3.37. The summed E-state index contributed by atoms with van der Waals surface area (Å²) in [7, 11) is 0. The highest BCUT2D eigenvalue weighted by Gasteiger charge is 2.27. The van der Waals surface area contributed by atoms with E-state index in [9.17, 15) is 9.59 Å². The van der Waals surface area contributed by atoms with E-state index in [1.165, 1.54) is 17.3 Å². The molecule has 0 spiro atoms. The summed E-state index contributed by atoms with van der Waals surface area (Å²) in [6.07, 6.45) is 7.65. The number of thioether (sulfide) groups is 1. The fourth-order valence-electron chi connectivity index (χ4n) is 3.40. The van der Waals surface area contributed by atoms with Crippen LogP contribution < -0.4 is 5.32 Å². The topological polar surface area (TPSA) is 70.9 Å². The van der Waals surface area contributed by atoms with Gasteiger partial charge in [0.05, 0.1) is 23.9 Å². The summed E-state index contributed by atoms with van der Waals surface area (Å²) >= 11 is 1.47. The molecule has 0 radical (unpaired) electrons. The van der Waals surface area contributed by atoms with Crippen LogP contribution in [0.25, 0.3) is 0 Å². The smallest absolute Gasteiger partial charge is 0.247 e. The minimum Gasteiger partial charge on any atom is -0.347 e. The van der Waals surface area contributed by atoms with Crippen LogP contribution in [0.15, 0.2) is 52.2 Å². The molecule has 0 bridgehead atoms. The number of rotatable bonds is 8. The molecule has 6 heteroatoms. The van der Waals surface area contributed by atoms with Crippen molar-refractivity contribution in [1.29, 1.82) is 0 Å². The Kier molecular flexibility index (Phi) is 7.20. The minimum atomic E-state index is -0.0580. The van der Waals surface area contributed by atoms with Gasteiger partial charge in [-0.2, -0.15) is 5.10 Å². The number of nitrogens with one attached hydrogen (secondary N) is 1. The van der Waals surface area contributed by atoms with E-state index in [2.05, 4.69) is 40.6 Å². The number of ketones is 1. The SMILES string of the molecule is CCC1C(CNC(=O)C2=CC=CC2)=NN=C1SCC(=O)Cc1cc(C)ccc1C. The molecule has 5 nitrogen and oxygen atoms in total. The maximum atomic E-state index is 12.5. The molecule has 1 N–H and O–H groups in total. The van der Waals surface area contributed by atoms with E-state index >= 15 is 0 Å². The predicted molar refractivity (Wildman–Crippen MR) is 121 cm³/mol. The largest absolute Gasteiger partial charge is 0.347 e. The molecule has 1 aromatic carbocycles. The van der Waals surface area contributed by atoms with Crippen LogP contribution in [0.1, 0.15) is 36.5 Å². The zero-order valence-corrected chi connectivity index (χ0v) is 18.0. The summed E-state index contributed by atoms with van der Waals surface area (Å²) in [5.74, 6) is 0.585. The van der Waals surface area contributed by atoms with Gasteiger partial charge in [-0.15, -0.1) is 16.9 Å². The van der Waals surface area contributed by atoms with Crippen molar-refractivity contribution in [3.8, 4) is 0 Å². The number of carbonyl (C=O) groups is 2. The van der Waals surface area contributed by atoms with Gasteiger partial charge in [-0.1, -0.05) is 48.9 Å². The van der Waals surface area contributed by atoms with E-state index in [0.717, 1.165) is 33.9 Å². The Labute approximate surface area is 176 Å². The highest BCUT2D eigenvalue weighted by atomic mass is 32.2. The third kappa shape index (κ3) is 5.54. The Balaban J connectivity index is 1.48. The molecule has 29 heavy (non-hydrogen) atoms. The van der Waals surface area contributed by atoms with Gasteiger partial charge in [-0.3, -0.25) is 9.59 Å². The maximum absolute atomic E-state index is 12.5. The number of nitrogens with zero attached hydrogens (tertiary/aromatic N) is 2. The lowest BCUT2D eigenvalue weighted by atomic mass is 10.0. The number of benzene rings is 1. The first-order valence-corrected chi connectivity index (χ1v) is 10.9. The second kappa shape index (κ2) is 9.83. The van der Waals surface area contributed by atoms with Gasteiger partial charge >= 0.3 is 0 Å². The van der Waals surface area contributed by atoms with Gasteiger partial charge in [-0.05, 0) is 37.8 Å². The van der Waals surface area contributed by atoms with E-state index in [4.69, 9.17) is 0 Å². The molecule has 1 atom stereocenters. The molecule has 1 aliphatic carbocycles. The molecular weight excluding hydrogens is 382 g/mol. The molecule has 0 aromatic heterocycles. The Morgan fingerprint density at radius 1 is 1.24 bits per heavy atom. The number of aryl methyl sites for hydroxylation is 2. The van der Waals surface area contributed by atoms with Gasteiger partial charge in [0.2, 0.25) is 5.91 Å².